The van der Waals surface area contributed by atoms with Crippen LogP contribution in [-0.2, 0) is 36.8 Å². The van der Waals surface area contributed by atoms with Crippen LogP contribution in [0.3, 0.4) is 0 Å². The van der Waals surface area contributed by atoms with Gasteiger partial charge in [0.15, 0.2) is 29.1 Å². The van der Waals surface area contributed by atoms with Gasteiger partial charge in [-0.3, -0.25) is 19.2 Å². The molecule has 0 bridgehead atoms. The van der Waals surface area contributed by atoms with Gasteiger partial charge in [-0.1, -0.05) is 31.5 Å². The topological polar surface area (TPSA) is 104 Å². The van der Waals surface area contributed by atoms with Gasteiger partial charge in [-0.15, -0.1) is 0 Å². The van der Waals surface area contributed by atoms with E-state index in [4.69, 9.17) is 21.1 Å². The van der Waals surface area contributed by atoms with Crippen molar-refractivity contribution in [1.29, 1.82) is 0 Å². The summed E-state index contributed by atoms with van der Waals surface area (Å²) in [6.45, 7) is 4.23. The van der Waals surface area contributed by atoms with Crippen molar-refractivity contribution in [3.8, 4) is 0 Å². The average Bonchev–Trinajstić information content (AvgIpc) is 2.99. The maximum absolute atomic E-state index is 14.1. The quantitative estimate of drug-likeness (QED) is 0.192. The van der Waals surface area contributed by atoms with Gasteiger partial charge >= 0.3 is 5.97 Å². The van der Waals surface area contributed by atoms with E-state index >= 15 is 0 Å². The van der Waals surface area contributed by atoms with E-state index in [0.29, 0.717) is 36.5 Å². The SMILES string of the molecule is CC.O=C(Cn1ccc2ccc(Cl)cc2c1=O)NC(CC(=O)OC1CCOCC1)C(=O)CCc1c(F)c(F)cc(F)c1F. The van der Waals surface area contributed by atoms with Crippen LogP contribution in [0.25, 0.3) is 10.8 Å². The van der Waals surface area contributed by atoms with Crippen LogP contribution in [0, 0.1) is 23.3 Å². The second-order valence-electron chi connectivity index (χ2n) is 9.52. The molecule has 2 heterocycles. The van der Waals surface area contributed by atoms with Gasteiger partial charge in [0, 0.05) is 47.5 Å². The molecule has 1 aliphatic rings. The predicted molar refractivity (Wildman–Crippen MR) is 151 cm³/mol. The maximum atomic E-state index is 14.1. The molecule has 1 unspecified atom stereocenters. The summed E-state index contributed by atoms with van der Waals surface area (Å²) >= 11 is 5.98. The van der Waals surface area contributed by atoms with Crippen LogP contribution in [-0.4, -0.2) is 47.6 Å². The second kappa shape index (κ2) is 15.6. The number of halogens is 5. The molecule has 1 aromatic heterocycles. The lowest BCUT2D eigenvalue weighted by Crippen LogP contribution is -2.45. The molecule has 8 nitrogen and oxygen atoms in total. The molecule has 43 heavy (non-hydrogen) atoms. The highest BCUT2D eigenvalue weighted by Crippen LogP contribution is 2.21. The molecule has 0 spiro atoms. The van der Waals surface area contributed by atoms with Crippen LogP contribution in [0.15, 0.2) is 41.3 Å². The number of fused-ring (bicyclic) bond motifs is 1. The third kappa shape index (κ3) is 8.87. The number of aromatic nitrogens is 1. The number of carbonyl (C=O) groups excluding carboxylic acids is 3. The van der Waals surface area contributed by atoms with Gasteiger partial charge in [0.2, 0.25) is 5.91 Å². The van der Waals surface area contributed by atoms with Crippen LogP contribution >= 0.6 is 11.6 Å². The molecular formula is C30H31ClF4N2O6. The monoisotopic (exact) mass is 626 g/mol. The number of Topliss-reactive ketones (excluding diaryl/α,β-unsaturated/α-hetero) is 1. The number of amides is 1. The molecular weight excluding hydrogens is 596 g/mol. The van der Waals surface area contributed by atoms with Gasteiger partial charge in [-0.25, -0.2) is 17.6 Å². The van der Waals surface area contributed by atoms with Crippen molar-refractivity contribution in [2.24, 2.45) is 0 Å². The lowest BCUT2D eigenvalue weighted by molar-refractivity contribution is -0.154. The molecule has 1 fully saturated rings. The number of hydrogen-bond donors (Lipinski definition) is 1. The molecule has 232 valence electrons. The van der Waals surface area contributed by atoms with E-state index in [0.717, 1.165) is 4.57 Å². The summed E-state index contributed by atoms with van der Waals surface area (Å²) in [5.41, 5.74) is -1.51. The van der Waals surface area contributed by atoms with Crippen molar-refractivity contribution in [3.63, 3.8) is 0 Å². The smallest absolute Gasteiger partial charge is 0.308 e. The number of ketones is 1. The van der Waals surface area contributed by atoms with Gasteiger partial charge in [-0.05, 0) is 30.0 Å². The van der Waals surface area contributed by atoms with Crippen molar-refractivity contribution in [2.45, 2.75) is 64.6 Å². The Labute approximate surface area is 249 Å². The lowest BCUT2D eigenvalue weighted by Gasteiger charge is -2.24. The van der Waals surface area contributed by atoms with Gasteiger partial charge in [0.1, 0.15) is 12.6 Å². The lowest BCUT2D eigenvalue weighted by atomic mass is 10.00. The maximum Gasteiger partial charge on any atom is 0.308 e. The first-order valence-electron chi connectivity index (χ1n) is 13.7. The molecule has 1 aliphatic heterocycles. The van der Waals surface area contributed by atoms with E-state index in [2.05, 4.69) is 5.32 Å². The number of ether oxygens (including phenoxy) is 2. The van der Waals surface area contributed by atoms with Crippen LogP contribution in [0.2, 0.25) is 5.02 Å². The fraction of sp³-hybridized carbons (Fsp3) is 0.400. The summed E-state index contributed by atoms with van der Waals surface area (Å²) in [4.78, 5) is 51.4. The molecule has 0 radical (unpaired) electrons. The summed E-state index contributed by atoms with van der Waals surface area (Å²) < 4.78 is 67.1. The highest BCUT2D eigenvalue weighted by atomic mass is 35.5. The zero-order valence-corrected chi connectivity index (χ0v) is 24.3. The van der Waals surface area contributed by atoms with Crippen LogP contribution in [0.1, 0.15) is 45.1 Å². The van der Waals surface area contributed by atoms with E-state index in [1.807, 2.05) is 13.8 Å². The normalized spacial score (nSPS) is 14.0. The van der Waals surface area contributed by atoms with E-state index in [1.54, 1.807) is 18.2 Å². The Morgan fingerprint density at radius 3 is 2.35 bits per heavy atom. The number of pyridine rings is 1. The number of carbonyl (C=O) groups is 3. The first-order valence-corrected chi connectivity index (χ1v) is 14.1. The van der Waals surface area contributed by atoms with Gasteiger partial charge < -0.3 is 19.4 Å². The van der Waals surface area contributed by atoms with Gasteiger partial charge in [0.25, 0.3) is 5.56 Å². The Kier molecular flexibility index (Phi) is 12.3. The summed E-state index contributed by atoms with van der Waals surface area (Å²) in [6, 6.07) is 4.82. The molecule has 4 rings (SSSR count). The molecule has 0 aliphatic carbocycles. The Bertz CT molecular complexity index is 1520. The summed E-state index contributed by atoms with van der Waals surface area (Å²) in [5.74, 6) is -9.03. The van der Waals surface area contributed by atoms with Crippen LogP contribution in [0.4, 0.5) is 17.6 Å². The number of nitrogens with zero attached hydrogens (tertiary/aromatic N) is 1. The highest BCUT2D eigenvalue weighted by Gasteiger charge is 2.28. The third-order valence-electron chi connectivity index (χ3n) is 6.64. The summed E-state index contributed by atoms with van der Waals surface area (Å²) in [7, 11) is 0. The summed E-state index contributed by atoms with van der Waals surface area (Å²) in [6.07, 6.45) is -0.225. The fourth-order valence-corrected chi connectivity index (χ4v) is 4.65. The van der Waals surface area contributed by atoms with Gasteiger partial charge in [0.05, 0.1) is 25.7 Å². The Morgan fingerprint density at radius 1 is 1.05 bits per heavy atom. The standard InChI is InChI=1S/C28H25ClF4N2O6.C2H6/c29-16-2-1-15-5-8-35(28(39)19(15)11-16)14-24(37)34-22(13-25(38)41-17-6-9-40-10-7-17)23(36)4-3-18-26(32)20(30)12-21(31)27(18)33;1-2/h1-2,5,8,11-12,17,22H,3-4,6-7,9-10,13-14H2,(H,34,37);1-2H3. The van der Waals surface area contributed by atoms with Crippen molar-refractivity contribution in [3.05, 3.63) is 80.7 Å². The molecule has 0 saturated carbocycles. The minimum atomic E-state index is -1.65. The van der Waals surface area contributed by atoms with E-state index < -0.39 is 90.0 Å². The number of nitrogens with one attached hydrogen (secondary N) is 1. The minimum Gasteiger partial charge on any atom is -0.462 e. The second-order valence-corrected chi connectivity index (χ2v) is 9.96. The van der Waals surface area contributed by atoms with Gasteiger partial charge in [-0.2, -0.15) is 0 Å². The van der Waals surface area contributed by atoms with E-state index in [1.165, 1.54) is 12.3 Å². The Hall–Kier alpha value is -3.77. The largest absolute Gasteiger partial charge is 0.462 e. The third-order valence-corrected chi connectivity index (χ3v) is 6.87. The van der Waals surface area contributed by atoms with E-state index in [9.17, 15) is 36.7 Å². The van der Waals surface area contributed by atoms with Crippen molar-refractivity contribution >= 4 is 40.0 Å². The summed E-state index contributed by atoms with van der Waals surface area (Å²) in [5, 5.41) is 3.54. The first-order chi connectivity index (χ1) is 20.5. The molecule has 1 N–H and O–H groups in total. The van der Waals surface area contributed by atoms with Crippen molar-refractivity contribution in [1.82, 2.24) is 9.88 Å². The Morgan fingerprint density at radius 2 is 1.70 bits per heavy atom. The number of benzene rings is 2. The van der Waals surface area contributed by atoms with Crippen molar-refractivity contribution in [2.75, 3.05) is 13.2 Å². The zero-order chi connectivity index (χ0) is 31.7. The van der Waals surface area contributed by atoms with Crippen molar-refractivity contribution < 1.29 is 41.4 Å². The predicted octanol–water partition coefficient (Wildman–Crippen LogP) is 5.04. The van der Waals surface area contributed by atoms with E-state index in [-0.39, 0.29) is 11.5 Å². The molecule has 3 aromatic rings. The number of rotatable bonds is 10. The zero-order valence-electron chi connectivity index (χ0n) is 23.6. The number of esters is 1. The highest BCUT2D eigenvalue weighted by molar-refractivity contribution is 6.31. The molecule has 1 amide bonds. The average molecular weight is 627 g/mol. The molecule has 1 saturated heterocycles. The fourth-order valence-electron chi connectivity index (χ4n) is 4.48. The molecule has 1 atom stereocenters. The first kappa shape index (κ1) is 33.7. The number of hydrogen-bond acceptors (Lipinski definition) is 6. The Balaban J connectivity index is 0.00000248. The molecule has 13 heteroatoms. The molecule has 2 aromatic carbocycles. The van der Waals surface area contributed by atoms with Crippen LogP contribution in [0.5, 0.6) is 0 Å². The minimum absolute atomic E-state index is 0.0496. The van der Waals surface area contributed by atoms with Crippen LogP contribution < -0.4 is 10.9 Å².